The molecule has 0 aliphatic heterocycles. The van der Waals surface area contributed by atoms with E-state index in [-0.39, 0.29) is 0 Å². The van der Waals surface area contributed by atoms with Crippen LogP contribution in [0.5, 0.6) is 0 Å². The van der Waals surface area contributed by atoms with Gasteiger partial charge in [-0.3, -0.25) is 0 Å². The molecule has 0 aliphatic rings. The zero-order chi connectivity index (χ0) is 9.84. The Morgan fingerprint density at radius 1 is 1.62 bits per heavy atom. The van der Waals surface area contributed by atoms with E-state index < -0.39 is 6.10 Å². The van der Waals surface area contributed by atoms with Crippen LogP contribution in [-0.2, 0) is 7.05 Å². The molecule has 0 bridgehead atoms. The maximum atomic E-state index is 9.72. The van der Waals surface area contributed by atoms with Crippen LogP contribution in [0.3, 0.4) is 0 Å². The number of thioether (sulfide) groups is 1. The molecule has 13 heavy (non-hydrogen) atoms. The van der Waals surface area contributed by atoms with Gasteiger partial charge in [0.25, 0.3) is 0 Å². The number of rotatable bonds is 4. The summed E-state index contributed by atoms with van der Waals surface area (Å²) in [5.41, 5.74) is 0.771. The van der Waals surface area contributed by atoms with E-state index in [9.17, 15) is 5.11 Å². The largest absolute Gasteiger partial charge is 0.386 e. The predicted octanol–water partition coefficient (Wildman–Crippen LogP) is 0.990. The van der Waals surface area contributed by atoms with Crippen molar-refractivity contribution in [3.05, 3.63) is 11.9 Å². The van der Waals surface area contributed by atoms with Crippen molar-refractivity contribution in [3.63, 3.8) is 0 Å². The summed E-state index contributed by atoms with van der Waals surface area (Å²) in [4.78, 5) is 0. The summed E-state index contributed by atoms with van der Waals surface area (Å²) in [5.74, 6) is 0.693. The Hall–Kier alpha value is -0.550. The van der Waals surface area contributed by atoms with Gasteiger partial charge in [0.05, 0.1) is 11.9 Å². The Balaban J connectivity index is 2.49. The summed E-state index contributed by atoms with van der Waals surface area (Å²) >= 11 is 1.73. The van der Waals surface area contributed by atoms with Crippen LogP contribution in [-0.4, -0.2) is 31.1 Å². The Kier molecular flexibility index (Phi) is 3.74. The SMILES string of the molecule is CC(C)SCC(O)c1cnnn1C. The number of aliphatic hydroxyl groups excluding tert-OH is 1. The molecule has 5 heteroatoms. The summed E-state index contributed by atoms with van der Waals surface area (Å²) in [5, 5.41) is 17.7. The molecule has 0 aromatic carbocycles. The number of aryl methyl sites for hydroxylation is 1. The molecule has 0 radical (unpaired) electrons. The van der Waals surface area contributed by atoms with Crippen molar-refractivity contribution in [2.24, 2.45) is 7.05 Å². The number of hydrogen-bond donors (Lipinski definition) is 1. The molecule has 74 valence electrons. The molecule has 0 saturated heterocycles. The fourth-order valence-electron chi connectivity index (χ4n) is 0.968. The van der Waals surface area contributed by atoms with Crippen molar-refractivity contribution in [1.82, 2.24) is 15.0 Å². The first-order chi connectivity index (χ1) is 6.11. The van der Waals surface area contributed by atoms with Crippen LogP contribution in [0.15, 0.2) is 6.20 Å². The quantitative estimate of drug-likeness (QED) is 0.789. The molecule has 0 spiro atoms. The zero-order valence-electron chi connectivity index (χ0n) is 8.14. The van der Waals surface area contributed by atoms with E-state index in [4.69, 9.17) is 0 Å². The third-order valence-corrected chi connectivity index (χ3v) is 2.85. The summed E-state index contributed by atoms with van der Waals surface area (Å²) < 4.78 is 1.60. The van der Waals surface area contributed by atoms with E-state index in [0.29, 0.717) is 11.0 Å². The lowest BCUT2D eigenvalue weighted by molar-refractivity contribution is 0.193. The van der Waals surface area contributed by atoms with E-state index in [1.165, 1.54) is 0 Å². The average Bonchev–Trinajstić information content (AvgIpc) is 2.47. The minimum absolute atomic E-state index is 0.465. The van der Waals surface area contributed by atoms with Gasteiger partial charge < -0.3 is 5.11 Å². The lowest BCUT2D eigenvalue weighted by Crippen LogP contribution is -2.08. The van der Waals surface area contributed by atoms with E-state index >= 15 is 0 Å². The third-order valence-electron chi connectivity index (χ3n) is 1.68. The molecule has 1 atom stereocenters. The third kappa shape index (κ3) is 3.00. The predicted molar refractivity (Wildman–Crippen MR) is 53.6 cm³/mol. The van der Waals surface area contributed by atoms with Crippen LogP contribution in [0.25, 0.3) is 0 Å². The highest BCUT2D eigenvalue weighted by molar-refractivity contribution is 7.99. The Bertz CT molecular complexity index is 262. The number of nitrogens with zero attached hydrogens (tertiary/aromatic N) is 3. The molecule has 0 fully saturated rings. The molecular weight excluding hydrogens is 186 g/mol. The normalized spacial score (nSPS) is 13.6. The van der Waals surface area contributed by atoms with Crippen LogP contribution in [0, 0.1) is 0 Å². The molecule has 1 heterocycles. The van der Waals surface area contributed by atoms with Crippen LogP contribution >= 0.6 is 11.8 Å². The van der Waals surface area contributed by atoms with Crippen molar-refractivity contribution in [2.75, 3.05) is 5.75 Å². The lowest BCUT2D eigenvalue weighted by atomic mass is 10.3. The van der Waals surface area contributed by atoms with E-state index in [0.717, 1.165) is 5.69 Å². The van der Waals surface area contributed by atoms with Crippen molar-refractivity contribution in [1.29, 1.82) is 0 Å². The van der Waals surface area contributed by atoms with Gasteiger partial charge in [-0.15, -0.1) is 5.10 Å². The summed E-state index contributed by atoms with van der Waals surface area (Å²) in [6.07, 6.45) is 1.14. The zero-order valence-corrected chi connectivity index (χ0v) is 8.95. The van der Waals surface area contributed by atoms with Gasteiger partial charge in [0.15, 0.2) is 0 Å². The minimum atomic E-state index is -0.465. The highest BCUT2D eigenvalue weighted by Crippen LogP contribution is 2.19. The summed E-state index contributed by atoms with van der Waals surface area (Å²) in [6, 6.07) is 0. The van der Waals surface area contributed by atoms with Crippen molar-refractivity contribution in [2.45, 2.75) is 25.2 Å². The molecule has 0 saturated carbocycles. The monoisotopic (exact) mass is 201 g/mol. The highest BCUT2D eigenvalue weighted by atomic mass is 32.2. The molecular formula is C8H15N3OS. The molecule has 0 amide bonds. The smallest absolute Gasteiger partial charge is 0.106 e. The van der Waals surface area contributed by atoms with E-state index in [2.05, 4.69) is 24.2 Å². The van der Waals surface area contributed by atoms with Crippen LogP contribution in [0.4, 0.5) is 0 Å². The fourth-order valence-corrected chi connectivity index (χ4v) is 1.71. The van der Waals surface area contributed by atoms with Crippen LogP contribution < -0.4 is 0 Å². The number of aromatic nitrogens is 3. The van der Waals surface area contributed by atoms with E-state index in [1.54, 1.807) is 29.7 Å². The maximum Gasteiger partial charge on any atom is 0.106 e. The van der Waals surface area contributed by atoms with Gasteiger partial charge in [0, 0.05) is 12.8 Å². The topological polar surface area (TPSA) is 50.9 Å². The fraction of sp³-hybridized carbons (Fsp3) is 0.750. The summed E-state index contributed by atoms with van der Waals surface area (Å²) in [6.45, 7) is 4.22. The second-order valence-electron chi connectivity index (χ2n) is 3.18. The van der Waals surface area contributed by atoms with Gasteiger partial charge >= 0.3 is 0 Å². The average molecular weight is 201 g/mol. The van der Waals surface area contributed by atoms with Crippen molar-refractivity contribution in [3.8, 4) is 0 Å². The van der Waals surface area contributed by atoms with Crippen LogP contribution in [0.1, 0.15) is 25.6 Å². The minimum Gasteiger partial charge on any atom is -0.386 e. The number of hydrogen-bond acceptors (Lipinski definition) is 4. The van der Waals surface area contributed by atoms with Gasteiger partial charge in [0.2, 0.25) is 0 Å². The van der Waals surface area contributed by atoms with E-state index in [1.807, 2.05) is 0 Å². The molecule has 1 aromatic rings. The highest BCUT2D eigenvalue weighted by Gasteiger charge is 2.12. The first-order valence-corrected chi connectivity index (χ1v) is 5.30. The first-order valence-electron chi connectivity index (χ1n) is 4.25. The van der Waals surface area contributed by atoms with Crippen LogP contribution in [0.2, 0.25) is 0 Å². The molecule has 1 rings (SSSR count). The number of aliphatic hydroxyl groups is 1. The van der Waals surface area contributed by atoms with Gasteiger partial charge in [0.1, 0.15) is 6.10 Å². The van der Waals surface area contributed by atoms with Gasteiger partial charge in [-0.25, -0.2) is 4.68 Å². The summed E-state index contributed by atoms with van der Waals surface area (Å²) in [7, 11) is 1.78. The second-order valence-corrected chi connectivity index (χ2v) is 4.79. The molecule has 1 unspecified atom stereocenters. The maximum absolute atomic E-state index is 9.72. The Labute approximate surface area is 82.3 Å². The molecule has 4 nitrogen and oxygen atoms in total. The van der Waals surface area contributed by atoms with Gasteiger partial charge in [-0.1, -0.05) is 19.1 Å². The van der Waals surface area contributed by atoms with Crippen molar-refractivity contribution < 1.29 is 5.11 Å². The van der Waals surface area contributed by atoms with Gasteiger partial charge in [-0.2, -0.15) is 11.8 Å². The lowest BCUT2D eigenvalue weighted by Gasteiger charge is -2.11. The first kappa shape index (κ1) is 10.5. The molecule has 1 N–H and O–H groups in total. The standard InChI is InChI=1S/C8H15N3OS/c1-6(2)13-5-8(12)7-4-9-10-11(7)3/h4,6,8,12H,5H2,1-3H3. The Morgan fingerprint density at radius 2 is 2.31 bits per heavy atom. The van der Waals surface area contributed by atoms with Gasteiger partial charge in [-0.05, 0) is 5.25 Å². The Morgan fingerprint density at radius 3 is 2.77 bits per heavy atom. The van der Waals surface area contributed by atoms with Crippen molar-refractivity contribution >= 4 is 11.8 Å². The molecule has 1 aromatic heterocycles. The molecule has 0 aliphatic carbocycles. The second kappa shape index (κ2) is 4.62.